The molecule has 0 atom stereocenters. The fourth-order valence-electron chi connectivity index (χ4n) is 1.64. The first kappa shape index (κ1) is 12.7. The number of carbonyl (C=O) groups is 1. The molecule has 0 heterocycles. The molecule has 2 nitrogen and oxygen atoms in total. The third-order valence-electron chi connectivity index (χ3n) is 2.63. The van der Waals surface area contributed by atoms with E-state index in [0.717, 1.165) is 5.56 Å². The van der Waals surface area contributed by atoms with Gasteiger partial charge in [0.2, 0.25) is 0 Å². The lowest BCUT2D eigenvalue weighted by atomic mass is 10.1. The van der Waals surface area contributed by atoms with E-state index in [1.165, 1.54) is 0 Å². The van der Waals surface area contributed by atoms with Crippen molar-refractivity contribution in [3.63, 3.8) is 0 Å². The molecule has 92 valence electrons. The summed E-state index contributed by atoms with van der Waals surface area (Å²) in [6.45, 7) is 1.95. The number of rotatable bonds is 4. The van der Waals surface area contributed by atoms with Crippen molar-refractivity contribution in [3.8, 4) is 5.75 Å². The molecule has 2 rings (SSSR count). The molecule has 0 unspecified atom stereocenters. The van der Waals surface area contributed by atoms with Gasteiger partial charge in [-0.15, -0.1) is 0 Å². The van der Waals surface area contributed by atoms with E-state index >= 15 is 0 Å². The van der Waals surface area contributed by atoms with Crippen molar-refractivity contribution in [2.45, 2.75) is 6.92 Å². The summed E-state index contributed by atoms with van der Waals surface area (Å²) in [4.78, 5) is 12.0. The Kier molecular flexibility index (Phi) is 4.00. The smallest absolute Gasteiger partial charge is 0.200 e. The van der Waals surface area contributed by atoms with Crippen LogP contribution < -0.4 is 4.74 Å². The molecule has 0 saturated heterocycles. The van der Waals surface area contributed by atoms with E-state index in [4.69, 9.17) is 16.3 Å². The van der Waals surface area contributed by atoms with Gasteiger partial charge in [0.1, 0.15) is 5.75 Å². The highest BCUT2D eigenvalue weighted by molar-refractivity contribution is 6.30. The number of carbonyl (C=O) groups excluding carboxylic acids is 1. The first-order valence-corrected chi connectivity index (χ1v) is 6.02. The summed E-state index contributed by atoms with van der Waals surface area (Å²) in [6, 6.07) is 14.4. The van der Waals surface area contributed by atoms with E-state index in [2.05, 4.69) is 0 Å². The van der Waals surface area contributed by atoms with Crippen molar-refractivity contribution in [2.75, 3.05) is 6.61 Å². The van der Waals surface area contributed by atoms with Crippen LogP contribution in [0.1, 0.15) is 15.9 Å². The van der Waals surface area contributed by atoms with E-state index in [1.54, 1.807) is 24.3 Å². The molecule has 0 aromatic heterocycles. The first-order chi connectivity index (χ1) is 8.66. The maximum Gasteiger partial charge on any atom is 0.200 e. The molecular weight excluding hydrogens is 248 g/mol. The van der Waals surface area contributed by atoms with Gasteiger partial charge in [0, 0.05) is 10.6 Å². The quantitative estimate of drug-likeness (QED) is 0.779. The molecule has 0 aliphatic rings. The lowest BCUT2D eigenvalue weighted by molar-refractivity contribution is 0.0921. The number of Topliss-reactive ketones (excluding diaryl/α,β-unsaturated/α-hetero) is 1. The van der Waals surface area contributed by atoms with Crippen LogP contribution in [0.25, 0.3) is 0 Å². The summed E-state index contributed by atoms with van der Waals surface area (Å²) in [7, 11) is 0. The molecule has 0 spiro atoms. The molecule has 2 aromatic carbocycles. The van der Waals surface area contributed by atoms with Crippen molar-refractivity contribution < 1.29 is 9.53 Å². The normalized spacial score (nSPS) is 10.1. The Bertz CT molecular complexity index is 547. The number of hydrogen-bond acceptors (Lipinski definition) is 2. The van der Waals surface area contributed by atoms with Gasteiger partial charge in [0.15, 0.2) is 12.4 Å². The lowest BCUT2D eigenvalue weighted by Gasteiger charge is -2.07. The Balaban J connectivity index is 2.01. The van der Waals surface area contributed by atoms with Gasteiger partial charge in [-0.25, -0.2) is 0 Å². The van der Waals surface area contributed by atoms with Crippen LogP contribution in [0.2, 0.25) is 5.02 Å². The molecule has 2 aromatic rings. The molecule has 3 heteroatoms. The van der Waals surface area contributed by atoms with Gasteiger partial charge < -0.3 is 4.74 Å². The Hall–Kier alpha value is -1.80. The van der Waals surface area contributed by atoms with Crippen LogP contribution >= 0.6 is 11.6 Å². The minimum absolute atomic E-state index is 0.0250. The van der Waals surface area contributed by atoms with Crippen LogP contribution in [0.4, 0.5) is 0 Å². The number of aryl methyl sites for hydroxylation is 1. The van der Waals surface area contributed by atoms with Gasteiger partial charge in [0.25, 0.3) is 0 Å². The summed E-state index contributed by atoms with van der Waals surface area (Å²) in [5.74, 6) is 0.615. The van der Waals surface area contributed by atoms with Gasteiger partial charge in [-0.05, 0) is 36.8 Å². The Morgan fingerprint density at radius 2 is 1.78 bits per heavy atom. The van der Waals surface area contributed by atoms with Gasteiger partial charge in [-0.3, -0.25) is 4.79 Å². The largest absolute Gasteiger partial charge is 0.485 e. The Morgan fingerprint density at radius 1 is 1.11 bits per heavy atom. The lowest BCUT2D eigenvalue weighted by Crippen LogP contribution is -2.12. The van der Waals surface area contributed by atoms with E-state index in [-0.39, 0.29) is 12.4 Å². The zero-order valence-electron chi connectivity index (χ0n) is 10.0. The molecule has 0 aliphatic carbocycles. The summed E-state index contributed by atoms with van der Waals surface area (Å²) < 4.78 is 5.42. The molecule has 0 bridgehead atoms. The minimum Gasteiger partial charge on any atom is -0.485 e. The number of ether oxygens (including phenoxy) is 1. The van der Waals surface area contributed by atoms with Crippen molar-refractivity contribution >= 4 is 17.4 Å². The van der Waals surface area contributed by atoms with Gasteiger partial charge in [0.05, 0.1) is 0 Å². The third kappa shape index (κ3) is 3.11. The highest BCUT2D eigenvalue weighted by Crippen LogP contribution is 2.16. The number of ketones is 1. The summed E-state index contributed by atoms with van der Waals surface area (Å²) in [5, 5.41) is 0.646. The Morgan fingerprint density at radius 3 is 2.44 bits per heavy atom. The van der Waals surface area contributed by atoms with Crippen molar-refractivity contribution in [1.29, 1.82) is 0 Å². The zero-order chi connectivity index (χ0) is 13.0. The first-order valence-electron chi connectivity index (χ1n) is 5.64. The molecule has 0 amide bonds. The second kappa shape index (κ2) is 5.69. The molecule has 18 heavy (non-hydrogen) atoms. The van der Waals surface area contributed by atoms with Crippen molar-refractivity contribution in [2.24, 2.45) is 0 Å². The van der Waals surface area contributed by atoms with Crippen LogP contribution in [-0.4, -0.2) is 12.4 Å². The molecule has 0 aliphatic heterocycles. The fourth-order valence-corrected chi connectivity index (χ4v) is 1.77. The second-order valence-electron chi connectivity index (χ2n) is 3.98. The van der Waals surface area contributed by atoms with Crippen LogP contribution in [-0.2, 0) is 0 Å². The highest BCUT2D eigenvalue weighted by Gasteiger charge is 2.08. The topological polar surface area (TPSA) is 26.3 Å². The zero-order valence-corrected chi connectivity index (χ0v) is 10.8. The maximum atomic E-state index is 12.0. The summed E-state index contributed by atoms with van der Waals surface area (Å²) in [5.41, 5.74) is 1.66. The predicted molar refractivity (Wildman–Crippen MR) is 72.5 cm³/mol. The monoisotopic (exact) mass is 260 g/mol. The highest BCUT2D eigenvalue weighted by atomic mass is 35.5. The molecule has 0 fully saturated rings. The van der Waals surface area contributed by atoms with E-state index in [9.17, 15) is 4.79 Å². The summed E-state index contributed by atoms with van der Waals surface area (Å²) >= 11 is 5.77. The fraction of sp³-hybridized carbons (Fsp3) is 0.133. The van der Waals surface area contributed by atoms with Gasteiger partial charge in [-0.1, -0.05) is 35.9 Å². The maximum absolute atomic E-state index is 12.0. The van der Waals surface area contributed by atoms with Crippen LogP contribution in [0.15, 0.2) is 48.5 Å². The molecular formula is C15H13ClO2. The third-order valence-corrected chi connectivity index (χ3v) is 2.88. The molecule has 0 radical (unpaired) electrons. The van der Waals surface area contributed by atoms with Gasteiger partial charge in [-0.2, -0.15) is 0 Å². The average Bonchev–Trinajstić information content (AvgIpc) is 2.38. The number of halogens is 1. The number of benzene rings is 2. The SMILES string of the molecule is Cc1ccccc1C(=O)COc1ccc(Cl)cc1. The molecule has 0 N–H and O–H groups in total. The van der Waals surface area contributed by atoms with Crippen LogP contribution in [0, 0.1) is 6.92 Å². The van der Waals surface area contributed by atoms with Crippen LogP contribution in [0.5, 0.6) is 5.75 Å². The predicted octanol–water partition coefficient (Wildman–Crippen LogP) is 3.91. The average molecular weight is 261 g/mol. The van der Waals surface area contributed by atoms with E-state index < -0.39 is 0 Å². The van der Waals surface area contributed by atoms with Crippen LogP contribution in [0.3, 0.4) is 0 Å². The molecule has 0 saturated carbocycles. The number of hydrogen-bond donors (Lipinski definition) is 0. The minimum atomic E-state index is -0.0250. The second-order valence-corrected chi connectivity index (χ2v) is 4.42. The van der Waals surface area contributed by atoms with E-state index in [1.807, 2.05) is 31.2 Å². The van der Waals surface area contributed by atoms with E-state index in [0.29, 0.717) is 16.3 Å². The van der Waals surface area contributed by atoms with Gasteiger partial charge >= 0.3 is 0 Å². The van der Waals surface area contributed by atoms with Crippen molar-refractivity contribution in [1.82, 2.24) is 0 Å². The van der Waals surface area contributed by atoms with Crippen molar-refractivity contribution in [3.05, 3.63) is 64.7 Å². The standard InChI is InChI=1S/C15H13ClO2/c1-11-4-2-3-5-14(11)15(17)10-18-13-8-6-12(16)7-9-13/h2-9H,10H2,1H3. The Labute approximate surface area is 111 Å². The summed E-state index contributed by atoms with van der Waals surface area (Å²) in [6.07, 6.45) is 0.